The number of carbonyl (C=O) groups is 4. The molecule has 1 unspecified atom stereocenters. The van der Waals surface area contributed by atoms with Crippen LogP contribution in [-0.2, 0) is 23.8 Å². The Balaban J connectivity index is 0.661. The van der Waals surface area contributed by atoms with Crippen molar-refractivity contribution < 1.29 is 42.6 Å². The van der Waals surface area contributed by atoms with Gasteiger partial charge in [-0.3, -0.25) is 29.4 Å². The summed E-state index contributed by atoms with van der Waals surface area (Å²) in [5.41, 5.74) is 3.38. The number of benzene rings is 3. The average Bonchev–Trinajstić information content (AvgIpc) is 4.00. The summed E-state index contributed by atoms with van der Waals surface area (Å²) in [5, 5.41) is 24.8. The minimum absolute atomic E-state index is 0.0684. The molecular formula is C41H45N9O9. The number of hydrogen-bond donors (Lipinski definition) is 3. The highest BCUT2D eigenvalue weighted by Gasteiger charge is 2.45. The molecular weight excluding hydrogens is 763 g/mol. The van der Waals surface area contributed by atoms with Crippen molar-refractivity contribution in [1.29, 1.82) is 0 Å². The zero-order valence-electron chi connectivity index (χ0n) is 32.4. The number of amides is 4. The lowest BCUT2D eigenvalue weighted by atomic mass is 10.0. The molecule has 3 aliphatic rings. The molecule has 308 valence electrons. The lowest BCUT2D eigenvalue weighted by molar-refractivity contribution is -0.136. The first-order chi connectivity index (χ1) is 28.9. The third kappa shape index (κ3) is 9.30. The Morgan fingerprint density at radius 2 is 1.63 bits per heavy atom. The largest absolute Gasteiger partial charge is 0.490 e. The van der Waals surface area contributed by atoms with Crippen LogP contribution in [0.4, 0.5) is 5.69 Å². The number of rotatable bonds is 19. The van der Waals surface area contributed by atoms with Gasteiger partial charge < -0.3 is 33.7 Å². The molecule has 3 aromatic carbocycles. The number of H-pyrrole nitrogens is 1. The van der Waals surface area contributed by atoms with E-state index < -0.39 is 29.7 Å². The van der Waals surface area contributed by atoms with Gasteiger partial charge >= 0.3 is 0 Å². The highest BCUT2D eigenvalue weighted by Crippen LogP contribution is 2.34. The van der Waals surface area contributed by atoms with Gasteiger partial charge in [0.05, 0.1) is 49.5 Å². The number of anilines is 1. The molecule has 0 radical (unpaired) electrons. The summed E-state index contributed by atoms with van der Waals surface area (Å²) >= 11 is 0. The molecule has 0 saturated carbocycles. The highest BCUT2D eigenvalue weighted by molar-refractivity contribution is 6.25. The van der Waals surface area contributed by atoms with Crippen molar-refractivity contribution >= 4 is 40.2 Å². The van der Waals surface area contributed by atoms with Gasteiger partial charge in [-0.2, -0.15) is 5.21 Å². The monoisotopic (exact) mass is 807 g/mol. The van der Waals surface area contributed by atoms with Crippen molar-refractivity contribution in [2.45, 2.75) is 44.2 Å². The zero-order chi connectivity index (χ0) is 40.6. The Morgan fingerprint density at radius 1 is 0.831 bits per heavy atom. The molecule has 0 aliphatic carbocycles. The number of hydrogen-bond acceptors (Lipinski definition) is 15. The number of tetrazole rings is 1. The van der Waals surface area contributed by atoms with Crippen molar-refractivity contribution in [3.8, 4) is 28.5 Å². The van der Waals surface area contributed by atoms with E-state index in [-0.39, 0.29) is 30.1 Å². The van der Waals surface area contributed by atoms with E-state index in [0.29, 0.717) is 63.5 Å². The lowest BCUT2D eigenvalue weighted by Gasteiger charge is -2.32. The number of aromatic nitrogens is 5. The maximum Gasteiger partial charge on any atom is 0.264 e. The third-order valence-corrected chi connectivity index (χ3v) is 10.6. The molecule has 18 heteroatoms. The smallest absolute Gasteiger partial charge is 0.264 e. The Hall–Kier alpha value is -6.08. The molecule has 5 aromatic rings. The van der Waals surface area contributed by atoms with Gasteiger partial charge in [-0.15, -0.1) is 10.2 Å². The summed E-state index contributed by atoms with van der Waals surface area (Å²) in [6, 6.07) is 17.6. The van der Waals surface area contributed by atoms with Crippen LogP contribution in [0.3, 0.4) is 0 Å². The van der Waals surface area contributed by atoms with Gasteiger partial charge in [0.2, 0.25) is 17.6 Å². The Morgan fingerprint density at radius 3 is 2.42 bits per heavy atom. The van der Waals surface area contributed by atoms with E-state index >= 15 is 0 Å². The second kappa shape index (κ2) is 18.7. The Bertz CT molecular complexity index is 2270. The number of ether oxygens (including phenoxy) is 4. The standard InChI is InChI=1S/C41H45N9O9/c51-35-11-10-34(39(52)43-35)50-40(53)30-6-2-7-33(36(30)41(50)54)42-14-19-56-21-23-57-22-20-55-18-3-15-49-16-12-28(13-17-49)58-29-5-1-4-26(24-29)37-31-25-27(38-44-47-48-45-38)8-9-32(31)46-59-37/h1-2,4-9,24-25,28,34,42H,3,10-23H2,(H,43,51,52)(H,44,45,47,48). The number of nitrogens with one attached hydrogen (secondary N) is 3. The van der Waals surface area contributed by atoms with E-state index in [4.69, 9.17) is 23.5 Å². The van der Waals surface area contributed by atoms with Gasteiger partial charge in [0.25, 0.3) is 11.8 Å². The summed E-state index contributed by atoms with van der Waals surface area (Å²) in [4.78, 5) is 53.5. The van der Waals surface area contributed by atoms with Crippen molar-refractivity contribution in [2.75, 3.05) is 71.1 Å². The molecule has 2 fully saturated rings. The summed E-state index contributed by atoms with van der Waals surface area (Å²) in [6.07, 6.45) is 3.12. The number of carbonyl (C=O) groups excluding carboxylic acids is 4. The van der Waals surface area contributed by atoms with Crippen LogP contribution < -0.4 is 15.4 Å². The Kier molecular flexibility index (Phi) is 12.6. The van der Waals surface area contributed by atoms with Crippen LogP contribution >= 0.6 is 0 Å². The van der Waals surface area contributed by atoms with Crippen molar-refractivity contribution in [3.63, 3.8) is 0 Å². The van der Waals surface area contributed by atoms with Crippen molar-refractivity contribution in [1.82, 2.24) is 40.9 Å². The maximum absolute atomic E-state index is 13.2. The topological polar surface area (TPSA) is 216 Å². The minimum atomic E-state index is -1.01. The number of aromatic amines is 1. The third-order valence-electron chi connectivity index (χ3n) is 10.6. The summed E-state index contributed by atoms with van der Waals surface area (Å²) < 4.78 is 29.2. The first-order valence-corrected chi connectivity index (χ1v) is 19.9. The first kappa shape index (κ1) is 39.7. The second-order valence-corrected chi connectivity index (χ2v) is 14.5. The number of nitrogens with zero attached hydrogens (tertiary/aromatic N) is 6. The van der Waals surface area contributed by atoms with Gasteiger partial charge in [-0.25, -0.2) is 0 Å². The summed E-state index contributed by atoms with van der Waals surface area (Å²) in [7, 11) is 0. The molecule has 2 aromatic heterocycles. The molecule has 0 bridgehead atoms. The van der Waals surface area contributed by atoms with Gasteiger partial charge in [-0.1, -0.05) is 23.4 Å². The van der Waals surface area contributed by atoms with Gasteiger partial charge in [-0.05, 0) is 73.4 Å². The molecule has 4 amide bonds. The van der Waals surface area contributed by atoms with E-state index in [1.165, 1.54) is 0 Å². The second-order valence-electron chi connectivity index (χ2n) is 14.5. The van der Waals surface area contributed by atoms with Crippen LogP contribution in [-0.4, -0.2) is 137 Å². The molecule has 3 N–H and O–H groups in total. The van der Waals surface area contributed by atoms with Crippen molar-refractivity contribution in [3.05, 3.63) is 71.8 Å². The SMILES string of the molecule is O=C1CCC(N2C(=O)c3cccc(NCCOCCOCCOCCCN4CCC(Oc5cccc(-c6onc7ccc(-c8nn[nH]n8)cc67)c5)CC4)c3C2=O)C(=O)N1. The molecule has 59 heavy (non-hydrogen) atoms. The average molecular weight is 808 g/mol. The quantitative estimate of drug-likeness (QED) is 0.0805. The first-order valence-electron chi connectivity index (χ1n) is 19.9. The highest BCUT2D eigenvalue weighted by atomic mass is 16.5. The predicted molar refractivity (Wildman–Crippen MR) is 211 cm³/mol. The van der Waals surface area contributed by atoms with Crippen LogP contribution in [0.25, 0.3) is 33.6 Å². The molecule has 1 atom stereocenters. The molecule has 5 heterocycles. The zero-order valence-corrected chi connectivity index (χ0v) is 32.4. The fraction of sp³-hybridized carbons (Fsp3) is 0.415. The molecule has 3 aliphatic heterocycles. The molecule has 2 saturated heterocycles. The van der Waals surface area contributed by atoms with E-state index in [9.17, 15) is 19.2 Å². The van der Waals surface area contributed by atoms with Crippen LogP contribution in [0, 0.1) is 0 Å². The predicted octanol–water partition coefficient (Wildman–Crippen LogP) is 3.47. The number of imide groups is 2. The van der Waals surface area contributed by atoms with Crippen LogP contribution in [0.1, 0.15) is 52.8 Å². The minimum Gasteiger partial charge on any atom is -0.490 e. The van der Waals surface area contributed by atoms with E-state index in [1.54, 1.807) is 18.2 Å². The van der Waals surface area contributed by atoms with E-state index in [0.717, 1.165) is 71.6 Å². The summed E-state index contributed by atoms with van der Waals surface area (Å²) in [5.74, 6) is -0.185. The molecule has 18 nitrogen and oxygen atoms in total. The van der Waals surface area contributed by atoms with Crippen LogP contribution in [0.15, 0.2) is 65.2 Å². The van der Waals surface area contributed by atoms with E-state index in [1.807, 2.05) is 42.5 Å². The van der Waals surface area contributed by atoms with Gasteiger partial charge in [0, 0.05) is 56.0 Å². The van der Waals surface area contributed by atoms with Gasteiger partial charge in [0.15, 0.2) is 5.76 Å². The summed E-state index contributed by atoms with van der Waals surface area (Å²) in [6.45, 7) is 6.07. The van der Waals surface area contributed by atoms with E-state index in [2.05, 4.69) is 41.3 Å². The number of likely N-dealkylation sites (tertiary alicyclic amines) is 1. The normalized spacial score (nSPS) is 17.5. The van der Waals surface area contributed by atoms with Crippen molar-refractivity contribution in [2.24, 2.45) is 0 Å². The van der Waals surface area contributed by atoms with Crippen LogP contribution in [0.5, 0.6) is 5.75 Å². The molecule has 0 spiro atoms. The molecule has 8 rings (SSSR count). The number of fused-ring (bicyclic) bond motifs is 2. The fourth-order valence-corrected chi connectivity index (χ4v) is 7.58. The fourth-order valence-electron chi connectivity index (χ4n) is 7.58. The van der Waals surface area contributed by atoms with Crippen LogP contribution in [0.2, 0.25) is 0 Å². The lowest BCUT2D eigenvalue weighted by Crippen LogP contribution is -2.54. The maximum atomic E-state index is 13.2. The Labute approximate surface area is 338 Å². The van der Waals surface area contributed by atoms with Gasteiger partial charge in [0.1, 0.15) is 23.4 Å². The number of piperidine rings is 2.